The first-order chi connectivity index (χ1) is 33.5. The molecule has 1 fully saturated rings. The third-order valence-electron chi connectivity index (χ3n) is 15.0. The SMILES string of the molecule is Ic1ccc(CC2(Cc3ccc(I)cc3)C3CC=CC=C3C3=CC=C(N(c4ccc(-c5ccc6sc7ccccc7c6c5)cc4)c4ccc(-c5cccc6c5oc5ccccc56)cc4)CC32)cc1. The van der Waals surface area contributed by atoms with Crippen molar-refractivity contribution < 1.29 is 4.42 Å². The maximum atomic E-state index is 6.53. The van der Waals surface area contributed by atoms with Gasteiger partial charge in [-0.1, -0.05) is 133 Å². The molecule has 2 atom stereocenters. The fourth-order valence-corrected chi connectivity index (χ4v) is 13.7. The van der Waals surface area contributed by atoms with E-state index in [1.807, 2.05) is 17.4 Å². The summed E-state index contributed by atoms with van der Waals surface area (Å²) in [4.78, 5) is 2.54. The first-order valence-electron chi connectivity index (χ1n) is 23.6. The number of thiophene rings is 1. The van der Waals surface area contributed by atoms with Crippen molar-refractivity contribution in [1.29, 1.82) is 0 Å². The topological polar surface area (TPSA) is 16.4 Å². The predicted molar refractivity (Wildman–Crippen MR) is 304 cm³/mol. The highest BCUT2D eigenvalue weighted by atomic mass is 127. The van der Waals surface area contributed by atoms with Crippen molar-refractivity contribution in [2.75, 3.05) is 4.90 Å². The van der Waals surface area contributed by atoms with E-state index < -0.39 is 0 Å². The van der Waals surface area contributed by atoms with E-state index in [9.17, 15) is 0 Å². The van der Waals surface area contributed by atoms with Gasteiger partial charge in [0.05, 0.1) is 0 Å². The molecule has 0 N–H and O–H groups in total. The largest absolute Gasteiger partial charge is 0.455 e. The molecule has 10 aromatic rings. The lowest BCUT2D eigenvalue weighted by Crippen LogP contribution is -2.39. The Hall–Kier alpha value is -6.00. The third kappa shape index (κ3) is 7.31. The maximum Gasteiger partial charge on any atom is 0.143 e. The van der Waals surface area contributed by atoms with E-state index in [2.05, 4.69) is 256 Å². The molecule has 13 rings (SSSR count). The molecular formula is C63H45I2NOS. The highest BCUT2D eigenvalue weighted by Gasteiger charge is 2.55. The van der Waals surface area contributed by atoms with Crippen molar-refractivity contribution in [2.24, 2.45) is 17.3 Å². The second-order valence-electron chi connectivity index (χ2n) is 18.7. The zero-order valence-corrected chi connectivity index (χ0v) is 42.3. The van der Waals surface area contributed by atoms with Crippen molar-refractivity contribution in [2.45, 2.75) is 25.7 Å². The van der Waals surface area contributed by atoms with E-state index >= 15 is 0 Å². The Balaban J connectivity index is 0.929. The average molecular weight is 1120 g/mol. The number of hydrogen-bond donors (Lipinski definition) is 0. The van der Waals surface area contributed by atoms with Crippen LogP contribution in [-0.4, -0.2) is 0 Å². The van der Waals surface area contributed by atoms with Gasteiger partial charge in [0.15, 0.2) is 0 Å². The van der Waals surface area contributed by atoms with Crippen LogP contribution in [0, 0.1) is 24.4 Å². The molecule has 0 radical (unpaired) electrons. The Labute approximate surface area is 428 Å². The molecule has 0 aliphatic heterocycles. The summed E-state index contributed by atoms with van der Waals surface area (Å²) < 4.78 is 11.7. The Bertz CT molecular complexity index is 3650. The van der Waals surface area contributed by atoms with Crippen LogP contribution < -0.4 is 4.90 Å². The van der Waals surface area contributed by atoms with Gasteiger partial charge in [-0.15, -0.1) is 11.3 Å². The molecule has 2 unspecified atom stereocenters. The molecule has 1 saturated carbocycles. The number of anilines is 2. The molecule has 0 amide bonds. The summed E-state index contributed by atoms with van der Waals surface area (Å²) in [6, 6.07) is 67.7. The quantitative estimate of drug-likeness (QED) is 0.134. The van der Waals surface area contributed by atoms with Gasteiger partial charge in [0.25, 0.3) is 0 Å². The minimum absolute atomic E-state index is 0.0311. The van der Waals surface area contributed by atoms with Gasteiger partial charge in [-0.25, -0.2) is 0 Å². The third-order valence-corrected chi connectivity index (χ3v) is 17.6. The van der Waals surface area contributed by atoms with E-state index in [0.717, 1.165) is 70.1 Å². The average Bonchev–Trinajstić information content (AvgIpc) is 4.04. The number of nitrogens with zero attached hydrogens (tertiary/aromatic N) is 1. The molecule has 2 aromatic heterocycles. The molecule has 0 bridgehead atoms. The molecule has 328 valence electrons. The second kappa shape index (κ2) is 17.2. The fraction of sp³-hybridized carbons (Fsp3) is 0.111. The molecule has 0 saturated heterocycles. The van der Waals surface area contributed by atoms with E-state index in [1.165, 1.54) is 66.4 Å². The lowest BCUT2D eigenvalue weighted by atomic mass is 9.61. The summed E-state index contributed by atoms with van der Waals surface area (Å²) in [6.07, 6.45) is 16.1. The van der Waals surface area contributed by atoms with Crippen LogP contribution in [0.1, 0.15) is 24.0 Å². The highest BCUT2D eigenvalue weighted by molar-refractivity contribution is 14.1. The summed E-state index contributed by atoms with van der Waals surface area (Å²) in [5.41, 5.74) is 16.0. The molecule has 68 heavy (non-hydrogen) atoms. The fourth-order valence-electron chi connectivity index (χ4n) is 11.9. The molecule has 2 nitrogen and oxygen atoms in total. The number of furan rings is 1. The van der Waals surface area contributed by atoms with Gasteiger partial charge in [0, 0.05) is 60.7 Å². The minimum Gasteiger partial charge on any atom is -0.455 e. The van der Waals surface area contributed by atoms with Crippen LogP contribution in [-0.2, 0) is 12.8 Å². The summed E-state index contributed by atoms with van der Waals surface area (Å²) in [7, 11) is 0. The zero-order valence-electron chi connectivity index (χ0n) is 37.2. The molecule has 3 aliphatic rings. The van der Waals surface area contributed by atoms with Crippen molar-refractivity contribution in [3.8, 4) is 22.3 Å². The van der Waals surface area contributed by atoms with Gasteiger partial charge in [-0.05, 0) is 206 Å². The number of fused-ring (bicyclic) bond motifs is 9. The van der Waals surface area contributed by atoms with E-state index in [4.69, 9.17) is 4.42 Å². The van der Waals surface area contributed by atoms with Crippen molar-refractivity contribution >= 4 is 110 Å². The van der Waals surface area contributed by atoms with Crippen molar-refractivity contribution in [3.63, 3.8) is 0 Å². The van der Waals surface area contributed by atoms with Crippen LogP contribution in [0.25, 0.3) is 64.4 Å². The number of rotatable bonds is 9. The molecule has 3 aliphatic carbocycles. The number of allylic oxidation sites excluding steroid dienone is 8. The predicted octanol–water partition coefficient (Wildman–Crippen LogP) is 18.5. The standard InChI is InChI=1S/C63H45I2NOS/c64-45-25-16-40(17-26-45)38-63(39-41-18-27-46(65)28-19-41)57-13-4-1-8-51(57)52-34-33-49(37-58(52)63)66(47-29-20-42(21-30-47)44-24-35-61-56(36-44)54-10-3-6-15-60(54)68-61)48-31-22-43(23-32-48)50-11-7-12-55-53-9-2-5-14-59(53)67-62(50)55/h1-12,14-36,57-58H,13,37-39H2. The van der Waals surface area contributed by atoms with Crippen LogP contribution in [0.3, 0.4) is 0 Å². The van der Waals surface area contributed by atoms with Gasteiger partial charge >= 0.3 is 0 Å². The number of benzene rings is 8. The first kappa shape index (κ1) is 42.1. The molecule has 8 aromatic carbocycles. The van der Waals surface area contributed by atoms with E-state index in [-0.39, 0.29) is 5.41 Å². The second-order valence-corrected chi connectivity index (χ2v) is 22.3. The Morgan fingerprint density at radius 1 is 0.529 bits per heavy atom. The highest BCUT2D eigenvalue weighted by Crippen LogP contribution is 2.62. The Morgan fingerprint density at radius 3 is 1.88 bits per heavy atom. The van der Waals surface area contributed by atoms with E-state index in [0.29, 0.717) is 11.8 Å². The number of para-hydroxylation sites is 2. The van der Waals surface area contributed by atoms with Gasteiger partial charge in [-0.2, -0.15) is 0 Å². The number of hydrogen-bond acceptors (Lipinski definition) is 3. The lowest BCUT2D eigenvalue weighted by molar-refractivity contribution is 0.146. The molecular weight excluding hydrogens is 1070 g/mol. The van der Waals surface area contributed by atoms with E-state index in [1.54, 1.807) is 0 Å². The normalized spacial score (nSPS) is 17.3. The lowest BCUT2D eigenvalue weighted by Gasteiger charge is -2.43. The van der Waals surface area contributed by atoms with Crippen LogP contribution in [0.15, 0.2) is 234 Å². The smallest absolute Gasteiger partial charge is 0.143 e. The summed E-state index contributed by atoms with van der Waals surface area (Å²) in [5, 5.41) is 4.94. The van der Waals surface area contributed by atoms with Gasteiger partial charge < -0.3 is 9.32 Å². The summed E-state index contributed by atoms with van der Waals surface area (Å²) in [6.45, 7) is 0. The summed E-state index contributed by atoms with van der Waals surface area (Å²) in [5.74, 6) is 0.733. The van der Waals surface area contributed by atoms with Crippen LogP contribution in [0.4, 0.5) is 11.4 Å². The molecule has 0 spiro atoms. The van der Waals surface area contributed by atoms with Crippen LogP contribution in [0.2, 0.25) is 0 Å². The Morgan fingerprint density at radius 2 is 1.15 bits per heavy atom. The van der Waals surface area contributed by atoms with Crippen molar-refractivity contribution in [1.82, 2.24) is 0 Å². The Kier molecular flexibility index (Phi) is 10.7. The van der Waals surface area contributed by atoms with Gasteiger partial charge in [0.1, 0.15) is 11.2 Å². The zero-order chi connectivity index (χ0) is 45.3. The maximum absolute atomic E-state index is 6.53. The number of halogens is 2. The van der Waals surface area contributed by atoms with Crippen LogP contribution in [0.5, 0.6) is 0 Å². The van der Waals surface area contributed by atoms with Crippen molar-refractivity contribution in [3.05, 3.63) is 247 Å². The molecule has 5 heteroatoms. The first-order valence-corrected chi connectivity index (χ1v) is 26.5. The van der Waals surface area contributed by atoms with Gasteiger partial charge in [-0.3, -0.25) is 0 Å². The summed E-state index contributed by atoms with van der Waals surface area (Å²) >= 11 is 6.76. The van der Waals surface area contributed by atoms with Crippen LogP contribution >= 0.6 is 56.5 Å². The minimum atomic E-state index is -0.0311. The van der Waals surface area contributed by atoms with Gasteiger partial charge in [0.2, 0.25) is 0 Å². The molecule has 2 heterocycles. The monoisotopic (exact) mass is 1120 g/mol.